The van der Waals surface area contributed by atoms with Crippen molar-refractivity contribution in [3.63, 3.8) is 0 Å². The Balaban J connectivity index is 1.62. The molecule has 1 unspecified atom stereocenters. The Labute approximate surface area is 125 Å². The van der Waals surface area contributed by atoms with Crippen LogP contribution in [0.25, 0.3) is 0 Å². The molecule has 0 saturated heterocycles. The standard InChI is InChI=1S/C16H22N4O/c1-13(2)19-8-15-7-18-12-20(15)16(9-19)11-21-10-14-3-5-17-6-4-14/h3-7,12-13,16H,8-11H2,1-2H3. The number of rotatable bonds is 5. The number of hydrogen-bond acceptors (Lipinski definition) is 4. The van der Waals surface area contributed by atoms with Gasteiger partial charge in [0.2, 0.25) is 0 Å². The Morgan fingerprint density at radius 3 is 2.86 bits per heavy atom. The van der Waals surface area contributed by atoms with Gasteiger partial charge in [0.1, 0.15) is 0 Å². The van der Waals surface area contributed by atoms with Gasteiger partial charge >= 0.3 is 0 Å². The topological polar surface area (TPSA) is 43.2 Å². The van der Waals surface area contributed by atoms with Gasteiger partial charge in [-0.05, 0) is 31.5 Å². The summed E-state index contributed by atoms with van der Waals surface area (Å²) >= 11 is 0. The summed E-state index contributed by atoms with van der Waals surface area (Å²) in [6.45, 7) is 7.79. The number of fused-ring (bicyclic) bond motifs is 1. The number of imidazole rings is 1. The summed E-state index contributed by atoms with van der Waals surface area (Å²) in [7, 11) is 0. The Morgan fingerprint density at radius 1 is 1.29 bits per heavy atom. The van der Waals surface area contributed by atoms with Gasteiger partial charge in [0.15, 0.2) is 0 Å². The van der Waals surface area contributed by atoms with Gasteiger partial charge in [0.05, 0.1) is 31.3 Å². The lowest BCUT2D eigenvalue weighted by Gasteiger charge is -2.36. The molecule has 5 heteroatoms. The van der Waals surface area contributed by atoms with Crippen molar-refractivity contribution in [3.8, 4) is 0 Å². The van der Waals surface area contributed by atoms with E-state index in [0.29, 0.717) is 25.3 Å². The van der Waals surface area contributed by atoms with Crippen LogP contribution in [0.3, 0.4) is 0 Å². The highest BCUT2D eigenvalue weighted by Crippen LogP contribution is 2.23. The van der Waals surface area contributed by atoms with Crippen molar-refractivity contribution in [2.24, 2.45) is 0 Å². The molecule has 0 bridgehead atoms. The van der Waals surface area contributed by atoms with Crippen molar-refractivity contribution in [3.05, 3.63) is 48.3 Å². The summed E-state index contributed by atoms with van der Waals surface area (Å²) in [5, 5.41) is 0. The Hall–Kier alpha value is -1.72. The normalized spacial score (nSPS) is 18.9. The number of pyridine rings is 1. The van der Waals surface area contributed by atoms with Gasteiger partial charge in [0.25, 0.3) is 0 Å². The predicted octanol–water partition coefficient (Wildman–Crippen LogP) is 2.26. The number of hydrogen-bond donors (Lipinski definition) is 0. The summed E-state index contributed by atoms with van der Waals surface area (Å²) in [6.07, 6.45) is 7.49. The van der Waals surface area contributed by atoms with E-state index in [1.54, 1.807) is 12.4 Å². The first-order chi connectivity index (χ1) is 10.2. The second-order valence-corrected chi connectivity index (χ2v) is 5.84. The lowest BCUT2D eigenvalue weighted by molar-refractivity contribution is 0.0524. The number of aromatic nitrogens is 3. The quantitative estimate of drug-likeness (QED) is 0.845. The highest BCUT2D eigenvalue weighted by Gasteiger charge is 2.26. The molecule has 0 aliphatic carbocycles. The maximum absolute atomic E-state index is 5.91. The molecule has 3 heterocycles. The molecule has 21 heavy (non-hydrogen) atoms. The molecule has 3 rings (SSSR count). The van der Waals surface area contributed by atoms with Crippen LogP contribution in [0.2, 0.25) is 0 Å². The molecular formula is C16H22N4O. The first-order valence-electron chi connectivity index (χ1n) is 7.45. The minimum absolute atomic E-state index is 0.334. The van der Waals surface area contributed by atoms with Gasteiger partial charge in [-0.3, -0.25) is 9.88 Å². The van der Waals surface area contributed by atoms with Crippen molar-refractivity contribution in [1.82, 2.24) is 19.4 Å². The highest BCUT2D eigenvalue weighted by atomic mass is 16.5. The molecule has 5 nitrogen and oxygen atoms in total. The average molecular weight is 286 g/mol. The average Bonchev–Trinajstić information content (AvgIpc) is 2.96. The maximum Gasteiger partial charge on any atom is 0.0952 e. The van der Waals surface area contributed by atoms with Gasteiger partial charge in [-0.15, -0.1) is 0 Å². The third-order valence-corrected chi connectivity index (χ3v) is 4.01. The van der Waals surface area contributed by atoms with Crippen LogP contribution in [0.15, 0.2) is 37.1 Å². The molecule has 0 spiro atoms. The van der Waals surface area contributed by atoms with Crippen molar-refractivity contribution >= 4 is 0 Å². The van der Waals surface area contributed by atoms with Crippen LogP contribution in [0.1, 0.15) is 31.1 Å². The minimum atomic E-state index is 0.334. The van der Waals surface area contributed by atoms with E-state index in [1.807, 2.05) is 24.7 Å². The van der Waals surface area contributed by atoms with E-state index in [1.165, 1.54) is 5.69 Å². The molecule has 0 radical (unpaired) electrons. The van der Waals surface area contributed by atoms with Gasteiger partial charge < -0.3 is 9.30 Å². The number of ether oxygens (including phenoxy) is 1. The largest absolute Gasteiger partial charge is 0.375 e. The lowest BCUT2D eigenvalue weighted by atomic mass is 10.1. The Bertz CT molecular complexity index is 567. The van der Waals surface area contributed by atoms with E-state index >= 15 is 0 Å². The third-order valence-electron chi connectivity index (χ3n) is 4.01. The van der Waals surface area contributed by atoms with Crippen molar-refractivity contribution < 1.29 is 4.74 Å². The zero-order valence-corrected chi connectivity index (χ0v) is 12.6. The molecule has 1 atom stereocenters. The second kappa shape index (κ2) is 6.37. The summed E-state index contributed by atoms with van der Waals surface area (Å²) in [5.41, 5.74) is 2.43. The van der Waals surface area contributed by atoms with E-state index in [4.69, 9.17) is 4.74 Å². The molecule has 0 amide bonds. The van der Waals surface area contributed by atoms with Crippen molar-refractivity contribution in [1.29, 1.82) is 0 Å². The van der Waals surface area contributed by atoms with E-state index in [9.17, 15) is 0 Å². The van der Waals surface area contributed by atoms with E-state index in [2.05, 4.69) is 33.3 Å². The molecule has 2 aromatic rings. The minimum Gasteiger partial charge on any atom is -0.375 e. The summed E-state index contributed by atoms with van der Waals surface area (Å²) in [6, 6.07) is 4.85. The summed E-state index contributed by atoms with van der Waals surface area (Å²) in [4.78, 5) is 10.8. The third kappa shape index (κ3) is 3.31. The second-order valence-electron chi connectivity index (χ2n) is 5.84. The van der Waals surface area contributed by atoms with Crippen LogP contribution in [-0.4, -0.2) is 38.6 Å². The van der Waals surface area contributed by atoms with Crippen LogP contribution in [0, 0.1) is 0 Å². The Morgan fingerprint density at radius 2 is 2.10 bits per heavy atom. The van der Waals surface area contributed by atoms with Crippen molar-refractivity contribution in [2.45, 2.75) is 39.1 Å². The van der Waals surface area contributed by atoms with E-state index < -0.39 is 0 Å². The van der Waals surface area contributed by atoms with Gasteiger partial charge in [-0.2, -0.15) is 0 Å². The monoisotopic (exact) mass is 286 g/mol. The number of nitrogens with zero attached hydrogens (tertiary/aromatic N) is 4. The van der Waals surface area contributed by atoms with Crippen LogP contribution < -0.4 is 0 Å². The van der Waals surface area contributed by atoms with E-state index in [0.717, 1.165) is 18.7 Å². The Kier molecular flexibility index (Phi) is 4.31. The highest BCUT2D eigenvalue weighted by molar-refractivity contribution is 5.08. The maximum atomic E-state index is 5.91. The summed E-state index contributed by atoms with van der Waals surface area (Å²) < 4.78 is 8.17. The van der Waals surface area contributed by atoms with E-state index in [-0.39, 0.29) is 0 Å². The molecule has 1 aliphatic heterocycles. The molecule has 112 valence electrons. The molecule has 1 aliphatic rings. The molecule has 0 aromatic carbocycles. The molecule has 2 aromatic heterocycles. The van der Waals surface area contributed by atoms with Crippen LogP contribution >= 0.6 is 0 Å². The zero-order chi connectivity index (χ0) is 14.7. The van der Waals surface area contributed by atoms with Crippen LogP contribution in [0.5, 0.6) is 0 Å². The fourth-order valence-corrected chi connectivity index (χ4v) is 2.73. The molecular weight excluding hydrogens is 264 g/mol. The van der Waals surface area contributed by atoms with Gasteiger partial charge in [-0.1, -0.05) is 0 Å². The zero-order valence-electron chi connectivity index (χ0n) is 12.6. The fourth-order valence-electron chi connectivity index (χ4n) is 2.73. The molecule has 0 saturated carbocycles. The predicted molar refractivity (Wildman–Crippen MR) is 80.7 cm³/mol. The smallest absolute Gasteiger partial charge is 0.0952 e. The molecule has 0 N–H and O–H groups in total. The first kappa shape index (κ1) is 14.2. The molecule has 0 fully saturated rings. The van der Waals surface area contributed by atoms with Gasteiger partial charge in [-0.25, -0.2) is 4.98 Å². The lowest BCUT2D eigenvalue weighted by Crippen LogP contribution is -2.42. The fraction of sp³-hybridized carbons (Fsp3) is 0.500. The first-order valence-corrected chi connectivity index (χ1v) is 7.45. The van der Waals surface area contributed by atoms with Gasteiger partial charge in [0, 0.05) is 37.7 Å². The SMILES string of the molecule is CC(C)N1Cc2cncn2C(COCc2ccncc2)C1. The van der Waals surface area contributed by atoms with Crippen molar-refractivity contribution in [2.75, 3.05) is 13.2 Å². The van der Waals surface area contributed by atoms with Crippen LogP contribution in [-0.2, 0) is 17.9 Å². The van der Waals surface area contributed by atoms with Crippen LogP contribution in [0.4, 0.5) is 0 Å². The summed E-state index contributed by atoms with van der Waals surface area (Å²) in [5.74, 6) is 0.